The van der Waals surface area contributed by atoms with Crippen molar-refractivity contribution < 1.29 is 8.83 Å². The van der Waals surface area contributed by atoms with Gasteiger partial charge in [-0.15, -0.1) is 0 Å². The minimum atomic E-state index is 0.836. The van der Waals surface area contributed by atoms with Gasteiger partial charge in [0.1, 0.15) is 16.7 Å². The van der Waals surface area contributed by atoms with E-state index in [9.17, 15) is 0 Å². The normalized spacial score (nSPS) is 12.1. The summed E-state index contributed by atoms with van der Waals surface area (Å²) in [5, 5.41) is 10.5. The molecule has 11 rings (SSSR count). The molecule has 0 amide bonds. The van der Waals surface area contributed by atoms with Crippen LogP contribution in [0.2, 0.25) is 0 Å². The van der Waals surface area contributed by atoms with Crippen LogP contribution in [0.1, 0.15) is 0 Å². The first-order valence-corrected chi connectivity index (χ1v) is 16.7. The van der Waals surface area contributed by atoms with E-state index in [1.807, 2.05) is 18.2 Å². The van der Waals surface area contributed by atoms with E-state index in [0.717, 1.165) is 44.2 Å². The van der Waals surface area contributed by atoms with E-state index < -0.39 is 0 Å². The molecule has 0 saturated heterocycles. The molecule has 0 aliphatic heterocycles. The third-order valence-electron chi connectivity index (χ3n) is 10.3. The molecule has 49 heavy (non-hydrogen) atoms. The summed E-state index contributed by atoms with van der Waals surface area (Å²) in [6.07, 6.45) is 1.78. The lowest BCUT2D eigenvalue weighted by Gasteiger charge is -2.19. The van der Waals surface area contributed by atoms with Crippen molar-refractivity contribution in [3.8, 4) is 27.9 Å². The molecular weight excluding hydrogens is 599 g/mol. The maximum absolute atomic E-state index is 6.41. The molecule has 228 valence electrons. The SMILES string of the molecule is c1ccc(-n2c3ccccc3c3c(-c4c5ccccc5c(-c5cc6c7ccccc7oc6c6ccoc56)c5ccccc45)cccc32)cc1. The van der Waals surface area contributed by atoms with Crippen LogP contribution in [0.5, 0.6) is 0 Å². The molecule has 0 atom stereocenters. The quantitative estimate of drug-likeness (QED) is 0.183. The van der Waals surface area contributed by atoms with Gasteiger partial charge in [0.15, 0.2) is 0 Å². The Balaban J connectivity index is 1.30. The second kappa shape index (κ2) is 9.96. The number of nitrogens with zero attached hydrogens (tertiary/aromatic N) is 1. The van der Waals surface area contributed by atoms with Crippen LogP contribution in [0.15, 0.2) is 173 Å². The van der Waals surface area contributed by atoms with Gasteiger partial charge in [-0.2, -0.15) is 0 Å². The number of hydrogen-bond donors (Lipinski definition) is 0. The highest BCUT2D eigenvalue weighted by atomic mass is 16.3. The first-order valence-electron chi connectivity index (χ1n) is 16.7. The number of furan rings is 2. The predicted octanol–water partition coefficient (Wildman–Crippen LogP) is 13.1. The number of benzene rings is 8. The van der Waals surface area contributed by atoms with E-state index >= 15 is 0 Å². The first kappa shape index (κ1) is 26.5. The Morgan fingerprint density at radius 1 is 0.388 bits per heavy atom. The maximum Gasteiger partial charge on any atom is 0.146 e. The lowest BCUT2D eigenvalue weighted by molar-refractivity contribution is 0.616. The van der Waals surface area contributed by atoms with Crippen molar-refractivity contribution in [2.45, 2.75) is 0 Å². The summed E-state index contributed by atoms with van der Waals surface area (Å²) in [6, 6.07) is 56.5. The summed E-state index contributed by atoms with van der Waals surface area (Å²) < 4.78 is 15.1. The fraction of sp³-hybridized carbons (Fsp3) is 0. The third-order valence-corrected chi connectivity index (χ3v) is 10.3. The molecule has 8 aromatic carbocycles. The third kappa shape index (κ3) is 3.62. The van der Waals surface area contributed by atoms with Gasteiger partial charge >= 0.3 is 0 Å². The van der Waals surface area contributed by atoms with Gasteiger partial charge in [-0.25, -0.2) is 0 Å². The minimum absolute atomic E-state index is 0.836. The van der Waals surface area contributed by atoms with Gasteiger partial charge in [0.05, 0.1) is 22.7 Å². The zero-order valence-electron chi connectivity index (χ0n) is 26.4. The van der Waals surface area contributed by atoms with Crippen molar-refractivity contribution in [2.75, 3.05) is 0 Å². The minimum Gasteiger partial charge on any atom is -0.464 e. The Morgan fingerprint density at radius 2 is 0.980 bits per heavy atom. The van der Waals surface area contributed by atoms with Gasteiger partial charge < -0.3 is 13.4 Å². The Morgan fingerprint density at radius 3 is 1.71 bits per heavy atom. The molecule has 3 nitrogen and oxygen atoms in total. The molecule has 3 aromatic heterocycles. The highest BCUT2D eigenvalue weighted by Crippen LogP contribution is 2.49. The van der Waals surface area contributed by atoms with Crippen LogP contribution in [0.25, 0.3) is 104 Å². The molecule has 0 unspecified atom stereocenters. The summed E-state index contributed by atoms with van der Waals surface area (Å²) in [4.78, 5) is 0. The lowest BCUT2D eigenvalue weighted by Crippen LogP contribution is -1.94. The van der Waals surface area contributed by atoms with Gasteiger partial charge in [0.25, 0.3) is 0 Å². The Labute approximate surface area is 280 Å². The molecule has 0 aliphatic carbocycles. The maximum atomic E-state index is 6.41. The number of hydrogen-bond acceptors (Lipinski definition) is 2. The van der Waals surface area contributed by atoms with E-state index in [4.69, 9.17) is 8.83 Å². The Kier molecular flexibility index (Phi) is 5.38. The van der Waals surface area contributed by atoms with Crippen molar-refractivity contribution in [1.82, 2.24) is 4.57 Å². The second-order valence-corrected chi connectivity index (χ2v) is 12.8. The lowest BCUT2D eigenvalue weighted by atomic mass is 9.84. The zero-order chi connectivity index (χ0) is 32.1. The molecule has 3 heterocycles. The van der Waals surface area contributed by atoms with Crippen molar-refractivity contribution >= 4 is 76.3 Å². The van der Waals surface area contributed by atoms with E-state index in [-0.39, 0.29) is 0 Å². The van der Waals surface area contributed by atoms with Gasteiger partial charge in [0.2, 0.25) is 0 Å². The van der Waals surface area contributed by atoms with Crippen molar-refractivity contribution in [3.05, 3.63) is 164 Å². The first-order chi connectivity index (χ1) is 24.3. The van der Waals surface area contributed by atoms with Crippen LogP contribution in [0.3, 0.4) is 0 Å². The average Bonchev–Trinajstić information content (AvgIpc) is 3.88. The largest absolute Gasteiger partial charge is 0.464 e. The molecule has 11 aromatic rings. The van der Waals surface area contributed by atoms with Crippen molar-refractivity contribution in [3.63, 3.8) is 0 Å². The fourth-order valence-electron chi connectivity index (χ4n) is 8.29. The van der Waals surface area contributed by atoms with Crippen molar-refractivity contribution in [2.24, 2.45) is 0 Å². The van der Waals surface area contributed by atoms with Gasteiger partial charge in [-0.05, 0) is 75.1 Å². The van der Waals surface area contributed by atoms with Crippen LogP contribution in [0, 0.1) is 0 Å². The fourth-order valence-corrected chi connectivity index (χ4v) is 8.29. The van der Waals surface area contributed by atoms with Crippen LogP contribution in [-0.2, 0) is 0 Å². The van der Waals surface area contributed by atoms with Crippen LogP contribution >= 0.6 is 0 Å². The van der Waals surface area contributed by atoms with Gasteiger partial charge in [-0.1, -0.05) is 115 Å². The highest BCUT2D eigenvalue weighted by Gasteiger charge is 2.24. The van der Waals surface area contributed by atoms with Gasteiger partial charge in [0, 0.05) is 38.4 Å². The Hall–Kier alpha value is -6.58. The molecule has 0 aliphatic rings. The molecule has 0 saturated carbocycles. The van der Waals surface area contributed by atoms with Crippen LogP contribution < -0.4 is 0 Å². The predicted molar refractivity (Wildman–Crippen MR) is 204 cm³/mol. The van der Waals surface area contributed by atoms with Crippen LogP contribution in [-0.4, -0.2) is 4.57 Å². The van der Waals surface area contributed by atoms with Crippen LogP contribution in [0.4, 0.5) is 0 Å². The number of rotatable bonds is 3. The summed E-state index contributed by atoms with van der Waals surface area (Å²) in [6.45, 7) is 0. The number of aromatic nitrogens is 1. The molecule has 3 heteroatoms. The standard InChI is InChI=1S/C46H27NO2/c1-2-13-28(14-3-1)47-39-22-10-8-20-34(39)44-35(21-12-23-40(44)47)42-30-16-4-6-18-32(30)43(33-19-7-5-17-31(33)42)38-27-37-29-15-9-11-24-41(29)49-46(37)36-25-26-48-45(36)38/h1-27H. The van der Waals surface area contributed by atoms with E-state index in [2.05, 4.69) is 144 Å². The molecule has 0 spiro atoms. The molecule has 0 radical (unpaired) electrons. The number of para-hydroxylation sites is 3. The summed E-state index contributed by atoms with van der Waals surface area (Å²) >= 11 is 0. The van der Waals surface area contributed by atoms with Gasteiger partial charge in [-0.3, -0.25) is 0 Å². The van der Waals surface area contributed by atoms with E-state index in [0.29, 0.717) is 0 Å². The topological polar surface area (TPSA) is 31.2 Å². The average molecular weight is 626 g/mol. The molecular formula is C46H27NO2. The zero-order valence-corrected chi connectivity index (χ0v) is 26.4. The summed E-state index contributed by atoms with van der Waals surface area (Å²) in [7, 11) is 0. The Bertz CT molecular complexity index is 3050. The number of fused-ring (bicyclic) bond motifs is 10. The van der Waals surface area contributed by atoms with Crippen molar-refractivity contribution in [1.29, 1.82) is 0 Å². The smallest absolute Gasteiger partial charge is 0.146 e. The summed E-state index contributed by atoms with van der Waals surface area (Å²) in [5.41, 5.74) is 10.8. The monoisotopic (exact) mass is 625 g/mol. The van der Waals surface area contributed by atoms with E-state index in [1.54, 1.807) is 6.26 Å². The second-order valence-electron chi connectivity index (χ2n) is 12.8. The summed E-state index contributed by atoms with van der Waals surface area (Å²) in [5.74, 6) is 0. The molecule has 0 fully saturated rings. The van der Waals surface area contributed by atoms with E-state index in [1.165, 1.54) is 60.0 Å². The molecule has 0 bridgehead atoms. The highest BCUT2D eigenvalue weighted by molar-refractivity contribution is 6.29. The molecule has 0 N–H and O–H groups in total.